The highest BCUT2D eigenvalue weighted by atomic mass is 32.2. The molecule has 2 rings (SSSR count). The van der Waals surface area contributed by atoms with Crippen LogP contribution < -0.4 is 5.73 Å². The Labute approximate surface area is 101 Å². The van der Waals surface area contributed by atoms with E-state index in [0.29, 0.717) is 18.4 Å². The van der Waals surface area contributed by atoms with Gasteiger partial charge >= 0.3 is 0 Å². The molecule has 0 atom stereocenters. The van der Waals surface area contributed by atoms with Gasteiger partial charge in [0.15, 0.2) is 9.84 Å². The van der Waals surface area contributed by atoms with E-state index in [9.17, 15) is 12.8 Å². The smallest absolute Gasteiger partial charge is 0.178 e. The number of halogens is 1. The predicted octanol–water partition coefficient (Wildman–Crippen LogP) is 1.96. The van der Waals surface area contributed by atoms with E-state index in [1.165, 1.54) is 6.07 Å². The standard InChI is InChI=1S/C12H16FNO2S/c1-17(15,16)11-9(5-4-6-10(11)13)12(14)7-2-3-8-12/h4-6H,2-3,7-8,14H2,1H3. The van der Waals surface area contributed by atoms with Gasteiger partial charge in [-0.2, -0.15) is 0 Å². The summed E-state index contributed by atoms with van der Waals surface area (Å²) >= 11 is 0. The Morgan fingerprint density at radius 3 is 2.41 bits per heavy atom. The molecular formula is C12H16FNO2S. The fourth-order valence-electron chi connectivity index (χ4n) is 2.55. The number of rotatable bonds is 2. The van der Waals surface area contributed by atoms with Crippen molar-refractivity contribution in [2.45, 2.75) is 36.1 Å². The molecule has 1 aromatic carbocycles. The first kappa shape index (κ1) is 12.5. The van der Waals surface area contributed by atoms with Crippen LogP contribution in [0, 0.1) is 5.82 Å². The van der Waals surface area contributed by atoms with Crippen molar-refractivity contribution < 1.29 is 12.8 Å². The van der Waals surface area contributed by atoms with E-state index in [4.69, 9.17) is 5.73 Å². The van der Waals surface area contributed by atoms with Gasteiger partial charge < -0.3 is 5.73 Å². The highest BCUT2D eigenvalue weighted by Crippen LogP contribution is 2.39. The number of nitrogens with two attached hydrogens (primary N) is 1. The zero-order valence-electron chi connectivity index (χ0n) is 9.74. The molecule has 0 amide bonds. The first-order valence-electron chi connectivity index (χ1n) is 5.62. The van der Waals surface area contributed by atoms with Crippen molar-refractivity contribution in [3.8, 4) is 0 Å². The first-order chi connectivity index (χ1) is 7.84. The SMILES string of the molecule is CS(=O)(=O)c1c(F)cccc1C1(N)CCCC1. The van der Waals surface area contributed by atoms with Crippen molar-refractivity contribution in [2.75, 3.05) is 6.26 Å². The summed E-state index contributed by atoms with van der Waals surface area (Å²) in [7, 11) is -3.59. The zero-order chi connectivity index (χ0) is 12.7. The average Bonchev–Trinajstić information content (AvgIpc) is 2.64. The molecule has 2 N–H and O–H groups in total. The molecule has 17 heavy (non-hydrogen) atoms. The van der Waals surface area contributed by atoms with Gasteiger partial charge in [0.1, 0.15) is 10.7 Å². The van der Waals surface area contributed by atoms with Crippen LogP contribution in [0.5, 0.6) is 0 Å². The molecule has 0 spiro atoms. The summed E-state index contributed by atoms with van der Waals surface area (Å²) in [5.41, 5.74) is 5.95. The molecule has 1 fully saturated rings. The van der Waals surface area contributed by atoms with Crippen LogP contribution in [0.1, 0.15) is 31.2 Å². The van der Waals surface area contributed by atoms with Crippen LogP contribution in [0.2, 0.25) is 0 Å². The third-order valence-electron chi connectivity index (χ3n) is 3.37. The molecule has 1 aliphatic carbocycles. The molecule has 0 aliphatic heterocycles. The summed E-state index contributed by atoms with van der Waals surface area (Å²) < 4.78 is 37.1. The summed E-state index contributed by atoms with van der Waals surface area (Å²) in [6.07, 6.45) is 4.34. The van der Waals surface area contributed by atoms with Gasteiger partial charge in [-0.05, 0) is 24.5 Å². The van der Waals surface area contributed by atoms with Gasteiger partial charge in [-0.1, -0.05) is 25.0 Å². The minimum atomic E-state index is -3.59. The van der Waals surface area contributed by atoms with Gasteiger partial charge in [0.25, 0.3) is 0 Å². The van der Waals surface area contributed by atoms with Crippen LogP contribution in [0.4, 0.5) is 4.39 Å². The van der Waals surface area contributed by atoms with Gasteiger partial charge in [0, 0.05) is 11.8 Å². The molecule has 1 saturated carbocycles. The highest BCUT2D eigenvalue weighted by molar-refractivity contribution is 7.90. The maximum absolute atomic E-state index is 13.7. The lowest BCUT2D eigenvalue weighted by Crippen LogP contribution is -2.35. The molecule has 1 aromatic rings. The van der Waals surface area contributed by atoms with Crippen molar-refractivity contribution in [1.29, 1.82) is 0 Å². The fraction of sp³-hybridized carbons (Fsp3) is 0.500. The molecule has 3 nitrogen and oxygen atoms in total. The molecule has 0 saturated heterocycles. The third kappa shape index (κ3) is 2.21. The van der Waals surface area contributed by atoms with Crippen LogP contribution >= 0.6 is 0 Å². The summed E-state index contributed by atoms with van der Waals surface area (Å²) in [4.78, 5) is -0.232. The number of sulfone groups is 1. The van der Waals surface area contributed by atoms with E-state index in [1.807, 2.05) is 0 Å². The molecule has 5 heteroatoms. The third-order valence-corrected chi connectivity index (χ3v) is 4.53. The molecule has 0 bridgehead atoms. The van der Waals surface area contributed by atoms with Gasteiger partial charge in [0.05, 0.1) is 0 Å². The second-order valence-corrected chi connectivity index (χ2v) is 6.70. The Kier molecular flexibility index (Phi) is 2.99. The Balaban J connectivity index is 2.66. The van der Waals surface area contributed by atoms with Crippen molar-refractivity contribution >= 4 is 9.84 Å². The van der Waals surface area contributed by atoms with Gasteiger partial charge in [-0.3, -0.25) is 0 Å². The van der Waals surface area contributed by atoms with Gasteiger partial charge in [-0.25, -0.2) is 12.8 Å². The van der Waals surface area contributed by atoms with Crippen LogP contribution in [0.3, 0.4) is 0 Å². The topological polar surface area (TPSA) is 60.2 Å². The van der Waals surface area contributed by atoms with Crippen molar-refractivity contribution in [1.82, 2.24) is 0 Å². The summed E-state index contributed by atoms with van der Waals surface area (Å²) in [6.45, 7) is 0. The molecular weight excluding hydrogens is 241 g/mol. The highest BCUT2D eigenvalue weighted by Gasteiger charge is 2.36. The monoisotopic (exact) mass is 257 g/mol. The molecule has 0 radical (unpaired) electrons. The van der Waals surface area contributed by atoms with Crippen LogP contribution in [0.25, 0.3) is 0 Å². The quantitative estimate of drug-likeness (QED) is 0.881. The Hall–Kier alpha value is -0.940. The average molecular weight is 257 g/mol. The molecule has 0 unspecified atom stereocenters. The van der Waals surface area contributed by atoms with Crippen molar-refractivity contribution in [3.63, 3.8) is 0 Å². The number of benzene rings is 1. The van der Waals surface area contributed by atoms with E-state index in [1.54, 1.807) is 6.07 Å². The molecule has 94 valence electrons. The second kappa shape index (κ2) is 4.07. The lowest BCUT2D eigenvalue weighted by atomic mass is 9.89. The van der Waals surface area contributed by atoms with E-state index in [-0.39, 0.29) is 4.90 Å². The van der Waals surface area contributed by atoms with Crippen molar-refractivity contribution in [2.24, 2.45) is 5.73 Å². The first-order valence-corrected chi connectivity index (χ1v) is 7.52. The second-order valence-electron chi connectivity index (χ2n) is 4.75. The van der Waals surface area contributed by atoms with Crippen LogP contribution in [0.15, 0.2) is 23.1 Å². The Morgan fingerprint density at radius 1 is 1.29 bits per heavy atom. The maximum atomic E-state index is 13.7. The molecule has 1 aliphatic rings. The van der Waals surface area contributed by atoms with Crippen LogP contribution in [-0.2, 0) is 15.4 Å². The van der Waals surface area contributed by atoms with Crippen LogP contribution in [-0.4, -0.2) is 14.7 Å². The number of hydrogen-bond acceptors (Lipinski definition) is 3. The summed E-state index contributed by atoms with van der Waals surface area (Å²) in [5, 5.41) is 0. The van der Waals surface area contributed by atoms with E-state index in [0.717, 1.165) is 25.2 Å². The maximum Gasteiger partial charge on any atom is 0.178 e. The van der Waals surface area contributed by atoms with E-state index >= 15 is 0 Å². The van der Waals surface area contributed by atoms with E-state index in [2.05, 4.69) is 0 Å². The molecule has 0 aromatic heterocycles. The molecule has 0 heterocycles. The predicted molar refractivity (Wildman–Crippen MR) is 63.8 cm³/mol. The minimum absolute atomic E-state index is 0.232. The fourth-order valence-corrected chi connectivity index (χ4v) is 3.65. The lowest BCUT2D eigenvalue weighted by molar-refractivity contribution is 0.441. The summed E-state index contributed by atoms with van der Waals surface area (Å²) in [5.74, 6) is -0.707. The van der Waals surface area contributed by atoms with Crippen molar-refractivity contribution in [3.05, 3.63) is 29.6 Å². The normalized spacial score (nSPS) is 19.5. The largest absolute Gasteiger partial charge is 0.321 e. The van der Waals surface area contributed by atoms with Gasteiger partial charge in [-0.15, -0.1) is 0 Å². The zero-order valence-corrected chi connectivity index (χ0v) is 10.6. The Bertz CT molecular complexity index is 533. The van der Waals surface area contributed by atoms with E-state index < -0.39 is 21.2 Å². The van der Waals surface area contributed by atoms with Gasteiger partial charge in [0.2, 0.25) is 0 Å². The summed E-state index contributed by atoms with van der Waals surface area (Å²) in [6, 6.07) is 4.31. The lowest BCUT2D eigenvalue weighted by Gasteiger charge is -2.26. The number of hydrogen-bond donors (Lipinski definition) is 1. The Morgan fingerprint density at radius 2 is 1.88 bits per heavy atom. The minimum Gasteiger partial charge on any atom is -0.321 e.